The van der Waals surface area contributed by atoms with Gasteiger partial charge in [-0.15, -0.1) is 6.58 Å². The Bertz CT molecular complexity index is 309. The first kappa shape index (κ1) is 10.8. The van der Waals surface area contributed by atoms with Crippen molar-refractivity contribution >= 4 is 0 Å². The van der Waals surface area contributed by atoms with Gasteiger partial charge >= 0.3 is 0 Å². The predicted molar refractivity (Wildman–Crippen MR) is 60.5 cm³/mol. The zero-order valence-electron chi connectivity index (χ0n) is 9.12. The van der Waals surface area contributed by atoms with Crippen molar-refractivity contribution in [2.75, 3.05) is 0 Å². The molecule has 1 aromatic rings. The fourth-order valence-electron chi connectivity index (χ4n) is 1.37. The van der Waals surface area contributed by atoms with E-state index in [1.165, 1.54) is 5.56 Å². The van der Waals surface area contributed by atoms with Gasteiger partial charge < -0.3 is 5.11 Å². The minimum atomic E-state index is 0.0803. The number of rotatable bonds is 3. The van der Waals surface area contributed by atoms with Gasteiger partial charge in [0.15, 0.2) is 0 Å². The zero-order valence-corrected chi connectivity index (χ0v) is 9.12. The lowest BCUT2D eigenvalue weighted by molar-refractivity contribution is 0.395. The SMILES string of the molecule is C=CC(C)(C)C(C)c1ccc(O)cc1. The van der Waals surface area contributed by atoms with E-state index in [0.29, 0.717) is 11.7 Å². The second-order valence-electron chi connectivity index (χ2n) is 4.34. The Morgan fingerprint density at radius 2 is 1.79 bits per heavy atom. The van der Waals surface area contributed by atoms with E-state index in [1.54, 1.807) is 12.1 Å². The van der Waals surface area contributed by atoms with Crippen molar-refractivity contribution in [3.63, 3.8) is 0 Å². The van der Waals surface area contributed by atoms with Crippen LogP contribution < -0.4 is 0 Å². The van der Waals surface area contributed by atoms with Crippen LogP contribution in [0.4, 0.5) is 0 Å². The van der Waals surface area contributed by atoms with Gasteiger partial charge in [0.05, 0.1) is 0 Å². The molecule has 0 aliphatic heterocycles. The highest BCUT2D eigenvalue weighted by molar-refractivity contribution is 5.29. The van der Waals surface area contributed by atoms with Crippen molar-refractivity contribution in [1.82, 2.24) is 0 Å². The molecule has 0 aliphatic rings. The van der Waals surface area contributed by atoms with Crippen LogP contribution in [0.3, 0.4) is 0 Å². The summed E-state index contributed by atoms with van der Waals surface area (Å²) >= 11 is 0. The molecule has 0 amide bonds. The molecule has 1 N–H and O–H groups in total. The highest BCUT2D eigenvalue weighted by atomic mass is 16.3. The highest BCUT2D eigenvalue weighted by Crippen LogP contribution is 2.36. The fraction of sp³-hybridized carbons (Fsp3) is 0.385. The van der Waals surface area contributed by atoms with Crippen LogP contribution in [0.2, 0.25) is 0 Å². The standard InChI is InChI=1S/C13H18O/c1-5-13(3,4)10(2)11-6-8-12(14)9-7-11/h5-10,14H,1H2,2-4H3. The molecule has 0 radical (unpaired) electrons. The number of allylic oxidation sites excluding steroid dienone is 1. The monoisotopic (exact) mass is 190 g/mol. The van der Waals surface area contributed by atoms with Gasteiger partial charge in [-0.2, -0.15) is 0 Å². The lowest BCUT2D eigenvalue weighted by Gasteiger charge is -2.28. The summed E-state index contributed by atoms with van der Waals surface area (Å²) in [5.74, 6) is 0.720. The van der Waals surface area contributed by atoms with Crippen molar-refractivity contribution in [3.8, 4) is 5.75 Å². The minimum Gasteiger partial charge on any atom is -0.508 e. The van der Waals surface area contributed by atoms with E-state index in [-0.39, 0.29) is 5.41 Å². The molecule has 1 nitrogen and oxygen atoms in total. The molecule has 0 spiro atoms. The Morgan fingerprint density at radius 3 is 2.21 bits per heavy atom. The van der Waals surface area contributed by atoms with Gasteiger partial charge in [0.25, 0.3) is 0 Å². The largest absolute Gasteiger partial charge is 0.508 e. The number of hydrogen-bond acceptors (Lipinski definition) is 1. The summed E-state index contributed by atoms with van der Waals surface area (Å²) in [5, 5.41) is 9.18. The lowest BCUT2D eigenvalue weighted by Crippen LogP contribution is -2.16. The Labute approximate surface area is 86.1 Å². The van der Waals surface area contributed by atoms with Crippen molar-refractivity contribution in [2.24, 2.45) is 5.41 Å². The lowest BCUT2D eigenvalue weighted by atomic mass is 9.76. The Kier molecular flexibility index (Phi) is 3.00. The average Bonchev–Trinajstić information content (AvgIpc) is 2.18. The molecule has 0 fully saturated rings. The third kappa shape index (κ3) is 2.16. The third-order valence-corrected chi connectivity index (χ3v) is 3.04. The third-order valence-electron chi connectivity index (χ3n) is 3.04. The molecule has 1 rings (SSSR count). The van der Waals surface area contributed by atoms with Crippen LogP contribution in [0.5, 0.6) is 5.75 Å². The van der Waals surface area contributed by atoms with Crippen LogP contribution in [-0.4, -0.2) is 5.11 Å². The van der Waals surface area contributed by atoms with Crippen LogP contribution in [0.15, 0.2) is 36.9 Å². The van der Waals surface area contributed by atoms with Gasteiger partial charge in [0, 0.05) is 0 Å². The van der Waals surface area contributed by atoms with E-state index < -0.39 is 0 Å². The average molecular weight is 190 g/mol. The summed E-state index contributed by atoms with van der Waals surface area (Å²) in [4.78, 5) is 0. The second-order valence-corrected chi connectivity index (χ2v) is 4.34. The van der Waals surface area contributed by atoms with E-state index in [1.807, 2.05) is 18.2 Å². The molecule has 0 bridgehead atoms. The van der Waals surface area contributed by atoms with Gasteiger partial charge in [-0.1, -0.05) is 39.0 Å². The van der Waals surface area contributed by atoms with Crippen LogP contribution in [0.1, 0.15) is 32.3 Å². The van der Waals surface area contributed by atoms with E-state index in [0.717, 1.165) is 0 Å². The Morgan fingerprint density at radius 1 is 1.29 bits per heavy atom. The number of aromatic hydroxyl groups is 1. The Hall–Kier alpha value is -1.24. The second kappa shape index (κ2) is 3.87. The maximum absolute atomic E-state index is 9.18. The predicted octanol–water partition coefficient (Wildman–Crippen LogP) is 3.71. The molecular formula is C13H18O. The number of hydrogen-bond donors (Lipinski definition) is 1. The zero-order chi connectivity index (χ0) is 10.8. The summed E-state index contributed by atoms with van der Waals surface area (Å²) < 4.78 is 0. The smallest absolute Gasteiger partial charge is 0.115 e. The van der Waals surface area contributed by atoms with Crippen LogP contribution in [0, 0.1) is 5.41 Å². The van der Waals surface area contributed by atoms with E-state index in [2.05, 4.69) is 27.4 Å². The quantitative estimate of drug-likeness (QED) is 0.720. The van der Waals surface area contributed by atoms with Gasteiger partial charge in [-0.25, -0.2) is 0 Å². The maximum atomic E-state index is 9.18. The summed E-state index contributed by atoms with van der Waals surface area (Å²) in [7, 11) is 0. The van der Waals surface area contributed by atoms with Crippen LogP contribution >= 0.6 is 0 Å². The number of phenolic OH excluding ortho intramolecular Hbond substituents is 1. The molecule has 1 atom stereocenters. The molecule has 1 aromatic carbocycles. The van der Waals surface area contributed by atoms with Gasteiger partial charge in [0.1, 0.15) is 5.75 Å². The number of benzene rings is 1. The van der Waals surface area contributed by atoms with Crippen molar-refractivity contribution in [2.45, 2.75) is 26.7 Å². The summed E-state index contributed by atoms with van der Waals surface area (Å²) in [6.07, 6.45) is 1.98. The molecule has 76 valence electrons. The summed E-state index contributed by atoms with van der Waals surface area (Å²) in [5.41, 5.74) is 1.31. The molecule has 14 heavy (non-hydrogen) atoms. The van der Waals surface area contributed by atoms with Gasteiger partial charge in [-0.05, 0) is 29.0 Å². The van der Waals surface area contributed by atoms with E-state index in [4.69, 9.17) is 0 Å². The minimum absolute atomic E-state index is 0.0803. The first-order valence-corrected chi connectivity index (χ1v) is 4.90. The molecule has 0 heterocycles. The topological polar surface area (TPSA) is 20.2 Å². The fourth-order valence-corrected chi connectivity index (χ4v) is 1.37. The molecule has 0 saturated carbocycles. The molecule has 1 unspecified atom stereocenters. The van der Waals surface area contributed by atoms with E-state index >= 15 is 0 Å². The number of phenols is 1. The van der Waals surface area contributed by atoms with Crippen LogP contribution in [-0.2, 0) is 0 Å². The molecular weight excluding hydrogens is 172 g/mol. The summed E-state index contributed by atoms with van der Waals surface area (Å²) in [6, 6.07) is 7.38. The maximum Gasteiger partial charge on any atom is 0.115 e. The summed E-state index contributed by atoms with van der Waals surface area (Å²) in [6.45, 7) is 10.4. The molecule has 0 aliphatic carbocycles. The Balaban J connectivity index is 2.95. The van der Waals surface area contributed by atoms with Crippen LogP contribution in [0.25, 0.3) is 0 Å². The van der Waals surface area contributed by atoms with Gasteiger partial charge in [-0.3, -0.25) is 0 Å². The van der Waals surface area contributed by atoms with E-state index in [9.17, 15) is 5.11 Å². The van der Waals surface area contributed by atoms with Gasteiger partial charge in [0.2, 0.25) is 0 Å². The van der Waals surface area contributed by atoms with Crippen molar-refractivity contribution in [3.05, 3.63) is 42.5 Å². The molecule has 1 heteroatoms. The first-order valence-electron chi connectivity index (χ1n) is 4.90. The highest BCUT2D eigenvalue weighted by Gasteiger charge is 2.23. The van der Waals surface area contributed by atoms with Crippen molar-refractivity contribution in [1.29, 1.82) is 0 Å². The van der Waals surface area contributed by atoms with Crippen molar-refractivity contribution < 1.29 is 5.11 Å². The molecule has 0 aromatic heterocycles. The first-order chi connectivity index (χ1) is 6.47. The molecule has 0 saturated heterocycles. The normalized spacial score (nSPS) is 13.6.